The molecule has 0 aliphatic heterocycles. The number of methoxy groups -OCH3 is 1. The normalized spacial score (nSPS) is 39.8. The third-order valence-corrected chi connectivity index (χ3v) is 4.84. The molecule has 0 heterocycles. The first-order valence-electron chi connectivity index (χ1n) is 6.92. The van der Waals surface area contributed by atoms with Crippen LogP contribution in [0.2, 0.25) is 0 Å². The lowest BCUT2D eigenvalue weighted by Gasteiger charge is -2.45. The van der Waals surface area contributed by atoms with Gasteiger partial charge in [0, 0.05) is 13.0 Å². The monoisotopic (exact) mass is 250 g/mol. The standard InChI is InChI=1S/C16H26O2/c1-10-6-7-13-11(2)8-12(17)9-16(3,4)14(13)15(10)18-5/h6,12-15,17H,2,7-9H2,1,3-5H3/t12?,13-,14-,15-/m0/s1. The third kappa shape index (κ3) is 2.28. The van der Waals surface area contributed by atoms with E-state index in [1.54, 1.807) is 7.11 Å². The molecule has 102 valence electrons. The smallest absolute Gasteiger partial charge is 0.0817 e. The molecular weight excluding hydrogens is 224 g/mol. The van der Waals surface area contributed by atoms with E-state index in [1.165, 1.54) is 11.1 Å². The van der Waals surface area contributed by atoms with Crippen molar-refractivity contribution in [2.75, 3.05) is 7.11 Å². The van der Waals surface area contributed by atoms with Crippen LogP contribution in [0.1, 0.15) is 40.0 Å². The fourth-order valence-electron chi connectivity index (χ4n) is 4.05. The van der Waals surface area contributed by atoms with E-state index in [2.05, 4.69) is 33.4 Å². The van der Waals surface area contributed by atoms with Gasteiger partial charge in [0.05, 0.1) is 12.2 Å². The van der Waals surface area contributed by atoms with Crippen molar-refractivity contribution in [2.45, 2.75) is 52.2 Å². The second-order valence-corrected chi connectivity index (χ2v) is 6.68. The number of hydrogen-bond acceptors (Lipinski definition) is 2. The summed E-state index contributed by atoms with van der Waals surface area (Å²) in [7, 11) is 1.80. The van der Waals surface area contributed by atoms with Crippen LogP contribution in [0.5, 0.6) is 0 Å². The predicted octanol–water partition coefficient (Wildman–Crippen LogP) is 3.32. The van der Waals surface area contributed by atoms with Crippen molar-refractivity contribution in [3.63, 3.8) is 0 Å². The highest BCUT2D eigenvalue weighted by atomic mass is 16.5. The molecular formula is C16H26O2. The molecule has 2 nitrogen and oxygen atoms in total. The van der Waals surface area contributed by atoms with Gasteiger partial charge in [-0.25, -0.2) is 0 Å². The Hall–Kier alpha value is -0.600. The molecule has 1 saturated carbocycles. The molecule has 0 aromatic carbocycles. The Balaban J connectivity index is 2.42. The average Bonchev–Trinajstić information content (AvgIpc) is 2.34. The maximum Gasteiger partial charge on any atom is 0.0817 e. The highest BCUT2D eigenvalue weighted by Crippen LogP contribution is 2.51. The van der Waals surface area contributed by atoms with E-state index in [4.69, 9.17) is 4.74 Å². The van der Waals surface area contributed by atoms with E-state index in [0.29, 0.717) is 11.8 Å². The summed E-state index contributed by atoms with van der Waals surface area (Å²) in [4.78, 5) is 0. The van der Waals surface area contributed by atoms with Crippen LogP contribution in [0.4, 0.5) is 0 Å². The molecule has 1 unspecified atom stereocenters. The Morgan fingerprint density at radius 3 is 2.72 bits per heavy atom. The Kier molecular flexibility index (Phi) is 3.70. The molecule has 0 amide bonds. The number of rotatable bonds is 1. The van der Waals surface area contributed by atoms with Crippen LogP contribution in [0.15, 0.2) is 23.8 Å². The summed E-state index contributed by atoms with van der Waals surface area (Å²) in [6, 6.07) is 0. The topological polar surface area (TPSA) is 29.5 Å². The van der Waals surface area contributed by atoms with Crippen molar-refractivity contribution in [1.29, 1.82) is 0 Å². The van der Waals surface area contributed by atoms with Gasteiger partial charge in [-0.2, -0.15) is 0 Å². The van der Waals surface area contributed by atoms with Crippen LogP contribution < -0.4 is 0 Å². The Morgan fingerprint density at radius 1 is 1.44 bits per heavy atom. The minimum absolute atomic E-state index is 0.0831. The average molecular weight is 250 g/mol. The van der Waals surface area contributed by atoms with Crippen LogP contribution in [0.3, 0.4) is 0 Å². The summed E-state index contributed by atoms with van der Waals surface area (Å²) in [6.45, 7) is 10.9. The summed E-state index contributed by atoms with van der Waals surface area (Å²) in [5, 5.41) is 10.1. The molecule has 18 heavy (non-hydrogen) atoms. The number of hydrogen-bond donors (Lipinski definition) is 1. The van der Waals surface area contributed by atoms with Crippen LogP contribution in [-0.4, -0.2) is 24.4 Å². The van der Waals surface area contributed by atoms with Gasteiger partial charge in [0.25, 0.3) is 0 Å². The molecule has 0 radical (unpaired) electrons. The first-order valence-corrected chi connectivity index (χ1v) is 6.92. The van der Waals surface area contributed by atoms with Crippen molar-refractivity contribution < 1.29 is 9.84 Å². The van der Waals surface area contributed by atoms with E-state index in [0.717, 1.165) is 19.3 Å². The van der Waals surface area contributed by atoms with E-state index in [-0.39, 0.29) is 17.6 Å². The van der Waals surface area contributed by atoms with Crippen LogP contribution >= 0.6 is 0 Å². The Bertz CT molecular complexity index is 367. The second kappa shape index (κ2) is 4.82. The minimum Gasteiger partial charge on any atom is -0.393 e. The highest BCUT2D eigenvalue weighted by Gasteiger charge is 2.47. The largest absolute Gasteiger partial charge is 0.393 e. The van der Waals surface area contributed by atoms with E-state index < -0.39 is 0 Å². The fourth-order valence-corrected chi connectivity index (χ4v) is 4.05. The molecule has 1 fully saturated rings. The molecule has 0 bridgehead atoms. The van der Waals surface area contributed by atoms with Crippen LogP contribution in [0, 0.1) is 17.3 Å². The van der Waals surface area contributed by atoms with Crippen molar-refractivity contribution in [2.24, 2.45) is 17.3 Å². The van der Waals surface area contributed by atoms with Gasteiger partial charge in [-0.1, -0.05) is 32.1 Å². The number of ether oxygens (including phenoxy) is 1. The third-order valence-electron chi connectivity index (χ3n) is 4.84. The van der Waals surface area contributed by atoms with E-state index >= 15 is 0 Å². The lowest BCUT2D eigenvalue weighted by atomic mass is 9.63. The van der Waals surface area contributed by atoms with Crippen molar-refractivity contribution in [3.8, 4) is 0 Å². The van der Waals surface area contributed by atoms with E-state index in [9.17, 15) is 5.11 Å². The number of aliphatic hydroxyl groups excluding tert-OH is 1. The SMILES string of the molecule is C=C1CC(O)CC(C)(C)[C@H]2[C@H]1CC=C(C)[C@@H]2OC. The first-order chi connectivity index (χ1) is 8.36. The summed E-state index contributed by atoms with van der Waals surface area (Å²) in [5.74, 6) is 0.878. The Labute approximate surface area is 111 Å². The van der Waals surface area contributed by atoms with Gasteiger partial charge in [-0.3, -0.25) is 0 Å². The molecule has 0 aromatic rings. The van der Waals surface area contributed by atoms with Gasteiger partial charge in [0.2, 0.25) is 0 Å². The summed E-state index contributed by atoms with van der Waals surface area (Å²) >= 11 is 0. The quantitative estimate of drug-likeness (QED) is 0.723. The van der Waals surface area contributed by atoms with Crippen LogP contribution in [-0.2, 0) is 4.74 Å². The molecule has 2 aliphatic rings. The van der Waals surface area contributed by atoms with Gasteiger partial charge >= 0.3 is 0 Å². The maximum atomic E-state index is 10.1. The maximum absolute atomic E-state index is 10.1. The van der Waals surface area contributed by atoms with Gasteiger partial charge in [-0.05, 0) is 43.1 Å². The van der Waals surface area contributed by atoms with Crippen molar-refractivity contribution in [1.82, 2.24) is 0 Å². The second-order valence-electron chi connectivity index (χ2n) is 6.68. The molecule has 2 heteroatoms. The zero-order valence-electron chi connectivity index (χ0n) is 12.1. The first kappa shape index (κ1) is 13.8. The van der Waals surface area contributed by atoms with Crippen molar-refractivity contribution in [3.05, 3.63) is 23.8 Å². The van der Waals surface area contributed by atoms with Crippen molar-refractivity contribution >= 4 is 0 Å². The predicted molar refractivity (Wildman–Crippen MR) is 74.3 cm³/mol. The molecule has 2 rings (SSSR count). The number of fused-ring (bicyclic) bond motifs is 1. The van der Waals surface area contributed by atoms with Gasteiger partial charge in [0.15, 0.2) is 0 Å². The number of allylic oxidation sites excluding steroid dienone is 1. The minimum atomic E-state index is -0.254. The summed E-state index contributed by atoms with van der Waals surface area (Å²) < 4.78 is 5.76. The number of aliphatic hydroxyl groups is 1. The molecule has 0 spiro atoms. The molecule has 0 saturated heterocycles. The van der Waals surface area contributed by atoms with Crippen LogP contribution in [0.25, 0.3) is 0 Å². The lowest BCUT2D eigenvalue weighted by molar-refractivity contribution is -0.0180. The highest BCUT2D eigenvalue weighted by molar-refractivity contribution is 5.22. The van der Waals surface area contributed by atoms with Gasteiger partial charge in [-0.15, -0.1) is 0 Å². The summed E-state index contributed by atoms with van der Waals surface area (Å²) in [5.41, 5.74) is 2.61. The van der Waals surface area contributed by atoms with E-state index in [1.807, 2.05) is 0 Å². The zero-order chi connectivity index (χ0) is 13.5. The summed E-state index contributed by atoms with van der Waals surface area (Å²) in [6.07, 6.45) is 4.82. The lowest BCUT2D eigenvalue weighted by Crippen LogP contribution is -2.43. The molecule has 4 atom stereocenters. The zero-order valence-corrected chi connectivity index (χ0v) is 12.1. The van der Waals surface area contributed by atoms with Gasteiger partial charge < -0.3 is 9.84 Å². The van der Waals surface area contributed by atoms with Gasteiger partial charge in [0.1, 0.15) is 0 Å². The fraction of sp³-hybridized carbons (Fsp3) is 0.750. The molecule has 2 aliphatic carbocycles. The Morgan fingerprint density at radius 2 is 2.11 bits per heavy atom. The molecule has 0 aromatic heterocycles. The molecule has 1 N–H and O–H groups in total.